The summed E-state index contributed by atoms with van der Waals surface area (Å²) >= 11 is 1.23. The smallest absolute Gasteiger partial charge is 0.387 e. The molecule has 0 atom stereocenters. The lowest BCUT2D eigenvalue weighted by Gasteiger charge is -2.07. The Morgan fingerprint density at radius 3 is 2.59 bits per heavy atom. The fraction of sp³-hybridized carbons (Fsp3) is 0.385. The molecule has 0 saturated heterocycles. The van der Waals surface area contributed by atoms with Gasteiger partial charge in [0.05, 0.1) is 11.8 Å². The van der Waals surface area contributed by atoms with Crippen LogP contribution in [0.3, 0.4) is 0 Å². The molecule has 0 spiro atoms. The molecule has 2 aromatic rings. The van der Waals surface area contributed by atoms with Gasteiger partial charge in [-0.05, 0) is 48.5 Å². The maximum Gasteiger partial charge on any atom is 0.387 e. The minimum atomic E-state index is -2.88. The van der Waals surface area contributed by atoms with Gasteiger partial charge in [0.2, 0.25) is 5.16 Å². The fourth-order valence-corrected chi connectivity index (χ4v) is 2.54. The van der Waals surface area contributed by atoms with Crippen LogP contribution in [-0.2, 0) is 0 Å². The van der Waals surface area contributed by atoms with Crippen molar-refractivity contribution in [2.24, 2.45) is 0 Å². The molecule has 1 aromatic heterocycles. The van der Waals surface area contributed by atoms with Crippen LogP contribution >= 0.6 is 11.8 Å². The van der Waals surface area contributed by atoms with E-state index in [1.54, 1.807) is 4.68 Å². The van der Waals surface area contributed by atoms with Gasteiger partial charge in [-0.3, -0.25) is 4.79 Å². The Bertz CT molecular complexity index is 631. The van der Waals surface area contributed by atoms with Gasteiger partial charge < -0.3 is 4.74 Å². The lowest BCUT2D eigenvalue weighted by atomic mass is 10.1. The molecule has 0 N–H and O–H groups in total. The SMILES string of the molecule is CC(C)n1nnnc1SCC(=O)c1ccc(OC(F)F)cc1. The third kappa shape index (κ3) is 4.23. The Balaban J connectivity index is 1.96. The van der Waals surface area contributed by atoms with Crippen molar-refractivity contribution in [3.63, 3.8) is 0 Å². The van der Waals surface area contributed by atoms with E-state index < -0.39 is 6.61 Å². The summed E-state index contributed by atoms with van der Waals surface area (Å²) in [6.45, 7) is 0.987. The molecule has 0 fully saturated rings. The number of nitrogens with zero attached hydrogens (tertiary/aromatic N) is 4. The normalized spacial score (nSPS) is 11.2. The number of hydrogen-bond donors (Lipinski definition) is 0. The largest absolute Gasteiger partial charge is 0.435 e. The minimum Gasteiger partial charge on any atom is -0.435 e. The number of ether oxygens (including phenoxy) is 1. The number of thioether (sulfide) groups is 1. The highest BCUT2D eigenvalue weighted by molar-refractivity contribution is 7.99. The molecule has 0 aliphatic heterocycles. The number of benzene rings is 1. The molecule has 6 nitrogen and oxygen atoms in total. The lowest BCUT2D eigenvalue weighted by Crippen LogP contribution is -2.08. The van der Waals surface area contributed by atoms with Crippen LogP contribution in [0.25, 0.3) is 0 Å². The third-order valence-corrected chi connectivity index (χ3v) is 3.62. The first kappa shape index (κ1) is 16.3. The van der Waals surface area contributed by atoms with Gasteiger partial charge in [0, 0.05) is 5.56 Å². The molecule has 0 aliphatic carbocycles. The van der Waals surface area contributed by atoms with E-state index in [-0.39, 0.29) is 23.3 Å². The highest BCUT2D eigenvalue weighted by Crippen LogP contribution is 2.20. The number of alkyl halides is 2. The minimum absolute atomic E-state index is 0.0166. The summed E-state index contributed by atoms with van der Waals surface area (Å²) in [6.07, 6.45) is 0. The lowest BCUT2D eigenvalue weighted by molar-refractivity contribution is -0.0498. The second-order valence-corrected chi connectivity index (χ2v) is 5.56. The van der Waals surface area contributed by atoms with Gasteiger partial charge in [-0.2, -0.15) is 8.78 Å². The number of carbonyl (C=O) groups excluding carboxylic acids is 1. The maximum atomic E-state index is 12.1. The standard InChI is InChI=1S/C13H14F2N4O2S/c1-8(2)19-13(16-17-18-19)22-7-11(20)9-3-5-10(6-4-9)21-12(14)15/h3-6,8,12H,7H2,1-2H3. The number of ketones is 1. The molecular weight excluding hydrogens is 314 g/mol. The number of halogens is 2. The van der Waals surface area contributed by atoms with Gasteiger partial charge in [-0.15, -0.1) is 5.10 Å². The van der Waals surface area contributed by atoms with Crippen molar-refractivity contribution >= 4 is 17.5 Å². The molecule has 1 heterocycles. The Labute approximate surface area is 129 Å². The molecule has 9 heteroatoms. The second-order valence-electron chi connectivity index (χ2n) is 4.61. The number of aromatic nitrogens is 4. The topological polar surface area (TPSA) is 69.9 Å². The number of hydrogen-bond acceptors (Lipinski definition) is 6. The average Bonchev–Trinajstić information content (AvgIpc) is 2.93. The predicted octanol–water partition coefficient (Wildman–Crippen LogP) is 2.83. The molecular formula is C13H14F2N4O2S. The van der Waals surface area contributed by atoms with Gasteiger partial charge in [0.25, 0.3) is 0 Å². The second kappa shape index (κ2) is 7.30. The van der Waals surface area contributed by atoms with E-state index >= 15 is 0 Å². The van der Waals surface area contributed by atoms with Crippen LogP contribution in [0, 0.1) is 0 Å². The van der Waals surface area contributed by atoms with Crippen LogP contribution in [-0.4, -0.2) is 38.4 Å². The Morgan fingerprint density at radius 1 is 1.32 bits per heavy atom. The number of carbonyl (C=O) groups is 1. The molecule has 1 aromatic carbocycles. The Morgan fingerprint density at radius 2 is 2.00 bits per heavy atom. The summed E-state index contributed by atoms with van der Waals surface area (Å²) in [5.74, 6) is 0.0251. The molecule has 0 radical (unpaired) electrons. The first-order valence-electron chi connectivity index (χ1n) is 6.46. The van der Waals surface area contributed by atoms with E-state index in [0.717, 1.165) is 0 Å². The van der Waals surface area contributed by atoms with Crippen molar-refractivity contribution in [1.29, 1.82) is 0 Å². The molecule has 0 aliphatic rings. The summed E-state index contributed by atoms with van der Waals surface area (Å²) in [5, 5.41) is 11.8. The average molecular weight is 328 g/mol. The Hall–Kier alpha value is -2.03. The van der Waals surface area contributed by atoms with Crippen LogP contribution in [0.4, 0.5) is 8.78 Å². The van der Waals surface area contributed by atoms with Crippen LogP contribution < -0.4 is 4.74 Å². The van der Waals surface area contributed by atoms with Crippen LogP contribution in [0.5, 0.6) is 5.75 Å². The first-order valence-corrected chi connectivity index (χ1v) is 7.44. The van der Waals surface area contributed by atoms with Crippen molar-refractivity contribution in [2.45, 2.75) is 31.7 Å². The molecule has 2 rings (SSSR count). The van der Waals surface area contributed by atoms with E-state index in [0.29, 0.717) is 10.7 Å². The van der Waals surface area contributed by atoms with E-state index in [9.17, 15) is 13.6 Å². The molecule has 0 bridgehead atoms. The highest BCUT2D eigenvalue weighted by Gasteiger charge is 2.13. The van der Waals surface area contributed by atoms with Gasteiger partial charge >= 0.3 is 6.61 Å². The fourth-order valence-electron chi connectivity index (χ4n) is 1.64. The zero-order chi connectivity index (χ0) is 16.1. The van der Waals surface area contributed by atoms with Crippen LogP contribution in [0.15, 0.2) is 29.4 Å². The summed E-state index contributed by atoms with van der Waals surface area (Å²) in [4.78, 5) is 12.1. The highest BCUT2D eigenvalue weighted by atomic mass is 32.2. The van der Waals surface area contributed by atoms with Crippen molar-refractivity contribution < 1.29 is 18.3 Å². The van der Waals surface area contributed by atoms with Gasteiger partial charge in [0.15, 0.2) is 5.78 Å². The van der Waals surface area contributed by atoms with Gasteiger partial charge in [-0.25, -0.2) is 4.68 Å². The van der Waals surface area contributed by atoms with Crippen LogP contribution in [0.2, 0.25) is 0 Å². The van der Waals surface area contributed by atoms with Crippen molar-refractivity contribution in [2.75, 3.05) is 5.75 Å². The monoisotopic (exact) mass is 328 g/mol. The molecule has 118 valence electrons. The zero-order valence-electron chi connectivity index (χ0n) is 11.9. The first-order chi connectivity index (χ1) is 10.5. The molecule has 22 heavy (non-hydrogen) atoms. The Kier molecular flexibility index (Phi) is 5.42. The van der Waals surface area contributed by atoms with Crippen molar-refractivity contribution in [3.05, 3.63) is 29.8 Å². The van der Waals surface area contributed by atoms with Crippen LogP contribution in [0.1, 0.15) is 30.2 Å². The third-order valence-electron chi connectivity index (χ3n) is 2.69. The summed E-state index contributed by atoms with van der Waals surface area (Å²) in [7, 11) is 0. The van der Waals surface area contributed by atoms with Gasteiger partial charge in [-0.1, -0.05) is 11.8 Å². The zero-order valence-corrected chi connectivity index (χ0v) is 12.8. The summed E-state index contributed by atoms with van der Waals surface area (Å²) < 4.78 is 29.9. The van der Waals surface area contributed by atoms with E-state index in [2.05, 4.69) is 20.3 Å². The maximum absolute atomic E-state index is 12.1. The molecule has 0 saturated carbocycles. The van der Waals surface area contributed by atoms with Crippen molar-refractivity contribution in [3.8, 4) is 5.75 Å². The quantitative estimate of drug-likeness (QED) is 0.575. The molecule has 0 unspecified atom stereocenters. The van der Waals surface area contributed by atoms with Crippen molar-refractivity contribution in [1.82, 2.24) is 20.2 Å². The van der Waals surface area contributed by atoms with Gasteiger partial charge in [0.1, 0.15) is 5.75 Å². The number of rotatable bonds is 7. The number of Topliss-reactive ketones (excluding diaryl/α,β-unsaturated/α-hetero) is 1. The van der Waals surface area contributed by atoms with E-state index in [4.69, 9.17) is 0 Å². The van der Waals surface area contributed by atoms with E-state index in [1.807, 2.05) is 13.8 Å². The van der Waals surface area contributed by atoms with E-state index in [1.165, 1.54) is 36.0 Å². The summed E-state index contributed by atoms with van der Waals surface area (Å²) in [5.41, 5.74) is 0.415. The summed E-state index contributed by atoms with van der Waals surface area (Å²) in [6, 6.07) is 5.67. The number of tetrazole rings is 1. The predicted molar refractivity (Wildman–Crippen MR) is 76.3 cm³/mol. The molecule has 0 amide bonds.